The number of hydrogen-bond donors (Lipinski definition) is 0. The summed E-state index contributed by atoms with van der Waals surface area (Å²) in [7, 11) is 0. The Kier molecular flexibility index (Phi) is 1.91. The lowest BCUT2D eigenvalue weighted by Gasteiger charge is -2.34. The smallest absolute Gasteiger partial charge is 0.104 e. The van der Waals surface area contributed by atoms with Crippen LogP contribution in [0.3, 0.4) is 0 Å². The van der Waals surface area contributed by atoms with E-state index in [4.69, 9.17) is 4.74 Å². The monoisotopic (exact) mass is 180 g/mol. The molecule has 0 aromatic carbocycles. The first-order chi connectivity index (χ1) is 6.09. The number of fused-ring (bicyclic) bond motifs is 1. The van der Waals surface area contributed by atoms with E-state index in [0.29, 0.717) is 0 Å². The van der Waals surface area contributed by atoms with Crippen LogP contribution in [0.15, 0.2) is 12.5 Å². The van der Waals surface area contributed by atoms with Crippen LogP contribution in [0.4, 0.5) is 0 Å². The van der Waals surface area contributed by atoms with E-state index in [1.807, 2.05) is 12.5 Å². The molecular formula is C10H16N2O. The van der Waals surface area contributed by atoms with Crippen molar-refractivity contribution >= 4 is 0 Å². The third kappa shape index (κ3) is 1.48. The average Bonchev–Trinajstić information content (AvgIpc) is 2.48. The van der Waals surface area contributed by atoms with Crippen molar-refractivity contribution < 1.29 is 4.74 Å². The Labute approximate surface area is 78.7 Å². The van der Waals surface area contributed by atoms with Crippen molar-refractivity contribution in [3.8, 4) is 0 Å². The van der Waals surface area contributed by atoms with Gasteiger partial charge < -0.3 is 9.30 Å². The molecule has 1 aromatic heterocycles. The minimum atomic E-state index is 0.151. The summed E-state index contributed by atoms with van der Waals surface area (Å²) in [6, 6.07) is 0. The second-order valence-electron chi connectivity index (χ2n) is 4.63. The molecule has 2 rings (SSSR count). The standard InChI is InChI=1S/C10H16N2O/c1-10(2,3)9-8-6-11-7-12(8)4-5-13-9/h6-7,9H,4-5H2,1-3H3. The number of nitrogens with zero attached hydrogens (tertiary/aromatic N) is 2. The molecule has 1 aliphatic rings. The lowest BCUT2D eigenvalue weighted by Crippen LogP contribution is -2.29. The van der Waals surface area contributed by atoms with Crippen molar-refractivity contribution in [1.29, 1.82) is 0 Å². The molecule has 1 aromatic rings. The van der Waals surface area contributed by atoms with Crippen LogP contribution in [-0.4, -0.2) is 16.2 Å². The van der Waals surface area contributed by atoms with Crippen molar-refractivity contribution in [1.82, 2.24) is 9.55 Å². The van der Waals surface area contributed by atoms with Crippen molar-refractivity contribution in [2.24, 2.45) is 5.41 Å². The van der Waals surface area contributed by atoms with Crippen LogP contribution in [0.1, 0.15) is 32.6 Å². The van der Waals surface area contributed by atoms with Gasteiger partial charge in [-0.05, 0) is 5.41 Å². The Morgan fingerprint density at radius 1 is 1.54 bits per heavy atom. The largest absolute Gasteiger partial charge is 0.370 e. The molecule has 72 valence electrons. The van der Waals surface area contributed by atoms with E-state index in [2.05, 4.69) is 30.3 Å². The van der Waals surface area contributed by atoms with E-state index >= 15 is 0 Å². The van der Waals surface area contributed by atoms with E-state index in [-0.39, 0.29) is 11.5 Å². The van der Waals surface area contributed by atoms with Gasteiger partial charge in [0, 0.05) is 6.54 Å². The topological polar surface area (TPSA) is 27.1 Å². The van der Waals surface area contributed by atoms with Gasteiger partial charge in [0.05, 0.1) is 24.8 Å². The maximum Gasteiger partial charge on any atom is 0.104 e. The van der Waals surface area contributed by atoms with Crippen LogP contribution in [0, 0.1) is 5.41 Å². The molecule has 1 atom stereocenters. The van der Waals surface area contributed by atoms with E-state index in [1.54, 1.807) is 0 Å². The lowest BCUT2D eigenvalue weighted by atomic mass is 9.86. The van der Waals surface area contributed by atoms with Crippen molar-refractivity contribution in [2.75, 3.05) is 6.61 Å². The van der Waals surface area contributed by atoms with Crippen LogP contribution in [-0.2, 0) is 11.3 Å². The number of rotatable bonds is 0. The lowest BCUT2D eigenvalue weighted by molar-refractivity contribution is -0.0452. The van der Waals surface area contributed by atoms with Gasteiger partial charge in [0.2, 0.25) is 0 Å². The van der Waals surface area contributed by atoms with Gasteiger partial charge in [-0.2, -0.15) is 0 Å². The fourth-order valence-electron chi connectivity index (χ4n) is 1.78. The van der Waals surface area contributed by atoms with Gasteiger partial charge in [-0.3, -0.25) is 0 Å². The number of hydrogen-bond acceptors (Lipinski definition) is 2. The highest BCUT2D eigenvalue weighted by atomic mass is 16.5. The molecular weight excluding hydrogens is 164 g/mol. The molecule has 0 saturated heterocycles. The second-order valence-corrected chi connectivity index (χ2v) is 4.63. The molecule has 0 saturated carbocycles. The Bertz CT molecular complexity index is 298. The first kappa shape index (κ1) is 8.75. The highest BCUT2D eigenvalue weighted by Gasteiger charge is 2.31. The molecule has 0 N–H and O–H groups in total. The summed E-state index contributed by atoms with van der Waals surface area (Å²) in [5.41, 5.74) is 1.36. The van der Waals surface area contributed by atoms with Gasteiger partial charge in [-0.1, -0.05) is 20.8 Å². The summed E-state index contributed by atoms with van der Waals surface area (Å²) < 4.78 is 7.95. The van der Waals surface area contributed by atoms with Crippen molar-refractivity contribution in [2.45, 2.75) is 33.4 Å². The molecule has 0 amide bonds. The molecule has 0 bridgehead atoms. The Hall–Kier alpha value is -0.830. The van der Waals surface area contributed by atoms with Crippen molar-refractivity contribution in [3.63, 3.8) is 0 Å². The Morgan fingerprint density at radius 2 is 2.31 bits per heavy atom. The molecule has 1 aliphatic heterocycles. The molecule has 3 nitrogen and oxygen atoms in total. The quantitative estimate of drug-likeness (QED) is 0.610. The van der Waals surface area contributed by atoms with Gasteiger partial charge in [-0.25, -0.2) is 4.98 Å². The van der Waals surface area contributed by atoms with E-state index in [1.165, 1.54) is 5.69 Å². The molecule has 0 radical (unpaired) electrons. The summed E-state index contributed by atoms with van der Waals surface area (Å²) in [5.74, 6) is 0. The number of ether oxygens (including phenoxy) is 1. The molecule has 2 heterocycles. The normalized spacial score (nSPS) is 22.8. The van der Waals surface area contributed by atoms with Gasteiger partial charge in [0.25, 0.3) is 0 Å². The van der Waals surface area contributed by atoms with E-state index in [9.17, 15) is 0 Å². The molecule has 0 aliphatic carbocycles. The van der Waals surface area contributed by atoms with Crippen LogP contribution >= 0.6 is 0 Å². The van der Waals surface area contributed by atoms with Crippen LogP contribution in [0.5, 0.6) is 0 Å². The van der Waals surface area contributed by atoms with E-state index < -0.39 is 0 Å². The minimum Gasteiger partial charge on any atom is -0.370 e. The highest BCUT2D eigenvalue weighted by Crippen LogP contribution is 2.37. The first-order valence-corrected chi connectivity index (χ1v) is 4.70. The summed E-state index contributed by atoms with van der Waals surface area (Å²) >= 11 is 0. The van der Waals surface area contributed by atoms with Gasteiger partial charge in [0.1, 0.15) is 6.10 Å². The Balaban J connectivity index is 2.35. The third-order valence-electron chi connectivity index (χ3n) is 2.42. The zero-order valence-electron chi connectivity index (χ0n) is 8.45. The van der Waals surface area contributed by atoms with Crippen LogP contribution in [0.25, 0.3) is 0 Å². The summed E-state index contributed by atoms with van der Waals surface area (Å²) in [4.78, 5) is 4.15. The van der Waals surface area contributed by atoms with Gasteiger partial charge in [0.15, 0.2) is 0 Å². The summed E-state index contributed by atoms with van der Waals surface area (Å²) in [6.07, 6.45) is 3.98. The van der Waals surface area contributed by atoms with E-state index in [0.717, 1.165) is 13.2 Å². The zero-order valence-corrected chi connectivity index (χ0v) is 8.45. The maximum atomic E-state index is 5.77. The molecule has 0 spiro atoms. The molecule has 1 unspecified atom stereocenters. The van der Waals surface area contributed by atoms with Gasteiger partial charge in [-0.15, -0.1) is 0 Å². The Morgan fingerprint density at radius 3 is 3.00 bits per heavy atom. The van der Waals surface area contributed by atoms with Gasteiger partial charge >= 0.3 is 0 Å². The summed E-state index contributed by atoms with van der Waals surface area (Å²) in [6.45, 7) is 8.31. The fourth-order valence-corrected chi connectivity index (χ4v) is 1.78. The molecule has 0 fully saturated rings. The molecule has 3 heteroatoms. The second kappa shape index (κ2) is 2.84. The molecule has 13 heavy (non-hydrogen) atoms. The highest BCUT2D eigenvalue weighted by molar-refractivity contribution is 5.08. The number of aromatic nitrogens is 2. The van der Waals surface area contributed by atoms with Crippen molar-refractivity contribution in [3.05, 3.63) is 18.2 Å². The first-order valence-electron chi connectivity index (χ1n) is 4.70. The zero-order chi connectivity index (χ0) is 9.47. The summed E-state index contributed by atoms with van der Waals surface area (Å²) in [5, 5.41) is 0. The average molecular weight is 180 g/mol. The fraction of sp³-hybridized carbons (Fsp3) is 0.700. The van der Waals surface area contributed by atoms with Crippen LogP contribution in [0.2, 0.25) is 0 Å². The minimum absolute atomic E-state index is 0.151. The van der Waals surface area contributed by atoms with Crippen LogP contribution < -0.4 is 0 Å². The predicted octanol–water partition coefficient (Wildman–Crippen LogP) is 2.00. The maximum absolute atomic E-state index is 5.77. The predicted molar refractivity (Wildman–Crippen MR) is 50.4 cm³/mol. The number of imidazole rings is 1. The third-order valence-corrected chi connectivity index (χ3v) is 2.42. The SMILES string of the molecule is CC(C)(C)C1OCCn2cncc21.